The van der Waals surface area contributed by atoms with Crippen molar-refractivity contribution in [3.63, 3.8) is 0 Å². The normalized spacial score (nSPS) is 10.6. The van der Waals surface area contributed by atoms with Gasteiger partial charge in [0.25, 0.3) is 0 Å². The monoisotopic (exact) mass is 215 g/mol. The Labute approximate surface area is 95.9 Å². The molecule has 3 heteroatoms. The van der Waals surface area contributed by atoms with Crippen LogP contribution < -0.4 is 5.73 Å². The van der Waals surface area contributed by atoms with Crippen LogP contribution in [0.5, 0.6) is 0 Å². The molecule has 0 atom stereocenters. The molecule has 3 nitrogen and oxygen atoms in total. The molecule has 0 aliphatic heterocycles. The van der Waals surface area contributed by atoms with E-state index >= 15 is 0 Å². The van der Waals surface area contributed by atoms with Crippen LogP contribution in [0.2, 0.25) is 0 Å². The fourth-order valence-corrected chi connectivity index (χ4v) is 1.71. The highest BCUT2D eigenvalue weighted by atomic mass is 15.3. The van der Waals surface area contributed by atoms with Crippen molar-refractivity contribution in [1.29, 1.82) is 0 Å². The van der Waals surface area contributed by atoms with Crippen molar-refractivity contribution in [2.24, 2.45) is 5.73 Å². The lowest BCUT2D eigenvalue weighted by molar-refractivity contribution is 0.744. The molecule has 2 N–H and O–H groups in total. The third-order valence-electron chi connectivity index (χ3n) is 2.62. The molecule has 1 aromatic carbocycles. The topological polar surface area (TPSA) is 43.8 Å². The molecule has 0 radical (unpaired) electrons. The van der Waals surface area contributed by atoms with Crippen LogP contribution in [0.1, 0.15) is 18.4 Å². The number of hydrogen-bond donors (Lipinski definition) is 1. The maximum absolute atomic E-state index is 5.47. The average molecular weight is 215 g/mol. The number of unbranched alkanes of at least 4 members (excludes halogenated alkanes) is 1. The molecule has 84 valence electrons. The molecule has 0 aliphatic carbocycles. The van der Waals surface area contributed by atoms with E-state index in [-0.39, 0.29) is 0 Å². The molecule has 0 spiro atoms. The van der Waals surface area contributed by atoms with Crippen LogP contribution in [-0.4, -0.2) is 16.3 Å². The van der Waals surface area contributed by atoms with Crippen LogP contribution in [0.3, 0.4) is 0 Å². The summed E-state index contributed by atoms with van der Waals surface area (Å²) in [4.78, 5) is 0. The Kier molecular flexibility index (Phi) is 3.72. The predicted octanol–water partition coefficient (Wildman–Crippen LogP) is 2.15. The highest BCUT2D eigenvalue weighted by Gasteiger charge is 1.96. The molecule has 16 heavy (non-hydrogen) atoms. The molecule has 1 aromatic heterocycles. The summed E-state index contributed by atoms with van der Waals surface area (Å²) in [5.41, 5.74) is 7.94. The lowest BCUT2D eigenvalue weighted by Crippen LogP contribution is -1.99. The fraction of sp³-hybridized carbons (Fsp3) is 0.308. The molecule has 0 saturated carbocycles. The minimum atomic E-state index is 0.783. The van der Waals surface area contributed by atoms with Crippen LogP contribution in [0.25, 0.3) is 5.69 Å². The Bertz CT molecular complexity index is 403. The minimum Gasteiger partial charge on any atom is -0.330 e. The maximum atomic E-state index is 5.47. The summed E-state index contributed by atoms with van der Waals surface area (Å²) in [6.07, 6.45) is 7.10. The SMILES string of the molecule is NCCCCc1ccc(-n2cccn2)cc1. The molecule has 2 rings (SSSR count). The number of aromatic nitrogens is 2. The zero-order chi connectivity index (χ0) is 11.2. The minimum absolute atomic E-state index is 0.783. The van der Waals surface area contributed by atoms with Crippen LogP contribution in [-0.2, 0) is 6.42 Å². The van der Waals surface area contributed by atoms with Gasteiger partial charge in [0.2, 0.25) is 0 Å². The molecule has 0 unspecified atom stereocenters. The Balaban J connectivity index is 2.00. The van der Waals surface area contributed by atoms with Crippen molar-refractivity contribution in [3.05, 3.63) is 48.3 Å². The van der Waals surface area contributed by atoms with Gasteiger partial charge in [0.1, 0.15) is 0 Å². The van der Waals surface area contributed by atoms with E-state index in [1.165, 1.54) is 5.56 Å². The van der Waals surface area contributed by atoms with Gasteiger partial charge in [-0.25, -0.2) is 4.68 Å². The molecule has 0 aliphatic rings. The second-order valence-electron chi connectivity index (χ2n) is 3.86. The van der Waals surface area contributed by atoms with Gasteiger partial charge in [-0.3, -0.25) is 0 Å². The summed E-state index contributed by atoms with van der Waals surface area (Å²) >= 11 is 0. The van der Waals surface area contributed by atoms with E-state index in [1.54, 1.807) is 6.20 Å². The smallest absolute Gasteiger partial charge is 0.0645 e. The number of nitrogens with zero attached hydrogens (tertiary/aromatic N) is 2. The second-order valence-corrected chi connectivity index (χ2v) is 3.86. The molecule has 0 saturated heterocycles. The van der Waals surface area contributed by atoms with Gasteiger partial charge >= 0.3 is 0 Å². The van der Waals surface area contributed by atoms with Crippen LogP contribution in [0.15, 0.2) is 42.7 Å². The van der Waals surface area contributed by atoms with Crippen molar-refractivity contribution in [2.75, 3.05) is 6.54 Å². The van der Waals surface area contributed by atoms with Gasteiger partial charge in [-0.05, 0) is 49.6 Å². The van der Waals surface area contributed by atoms with Gasteiger partial charge in [0.15, 0.2) is 0 Å². The number of rotatable bonds is 5. The quantitative estimate of drug-likeness (QED) is 0.777. The highest BCUT2D eigenvalue weighted by Crippen LogP contribution is 2.10. The first-order valence-electron chi connectivity index (χ1n) is 5.69. The van der Waals surface area contributed by atoms with E-state index < -0.39 is 0 Å². The highest BCUT2D eigenvalue weighted by molar-refractivity contribution is 5.33. The van der Waals surface area contributed by atoms with Crippen molar-refractivity contribution in [1.82, 2.24) is 9.78 Å². The average Bonchev–Trinajstić information content (AvgIpc) is 2.84. The van der Waals surface area contributed by atoms with Crippen LogP contribution >= 0.6 is 0 Å². The van der Waals surface area contributed by atoms with E-state index in [4.69, 9.17) is 5.73 Å². The first-order chi connectivity index (χ1) is 7.90. The third kappa shape index (κ3) is 2.70. The Morgan fingerprint density at radius 1 is 1.12 bits per heavy atom. The molecule has 0 fully saturated rings. The number of nitrogens with two attached hydrogens (primary N) is 1. The lowest BCUT2D eigenvalue weighted by atomic mass is 10.1. The fourth-order valence-electron chi connectivity index (χ4n) is 1.71. The van der Waals surface area contributed by atoms with Gasteiger partial charge in [-0.2, -0.15) is 5.10 Å². The molecule has 2 aromatic rings. The molecular formula is C13H17N3. The van der Waals surface area contributed by atoms with E-state index in [0.717, 1.165) is 31.5 Å². The zero-order valence-corrected chi connectivity index (χ0v) is 9.34. The first-order valence-corrected chi connectivity index (χ1v) is 5.69. The van der Waals surface area contributed by atoms with E-state index in [1.807, 2.05) is 16.9 Å². The summed E-state index contributed by atoms with van der Waals surface area (Å²) in [6.45, 7) is 0.783. The molecule has 0 amide bonds. The maximum Gasteiger partial charge on any atom is 0.0645 e. The Morgan fingerprint density at radius 3 is 2.56 bits per heavy atom. The Hall–Kier alpha value is -1.61. The van der Waals surface area contributed by atoms with E-state index in [2.05, 4.69) is 29.4 Å². The van der Waals surface area contributed by atoms with E-state index in [0.29, 0.717) is 0 Å². The van der Waals surface area contributed by atoms with Crippen LogP contribution in [0, 0.1) is 0 Å². The second kappa shape index (κ2) is 5.47. The molecule has 0 bridgehead atoms. The lowest BCUT2D eigenvalue weighted by Gasteiger charge is -2.04. The summed E-state index contributed by atoms with van der Waals surface area (Å²) in [7, 11) is 0. The van der Waals surface area contributed by atoms with Gasteiger partial charge in [-0.15, -0.1) is 0 Å². The number of benzene rings is 1. The molecular weight excluding hydrogens is 198 g/mol. The summed E-state index contributed by atoms with van der Waals surface area (Å²) in [5.74, 6) is 0. The van der Waals surface area contributed by atoms with Crippen molar-refractivity contribution >= 4 is 0 Å². The Morgan fingerprint density at radius 2 is 1.94 bits per heavy atom. The zero-order valence-electron chi connectivity index (χ0n) is 9.34. The third-order valence-corrected chi connectivity index (χ3v) is 2.62. The van der Waals surface area contributed by atoms with Gasteiger partial charge in [0.05, 0.1) is 5.69 Å². The summed E-state index contributed by atoms with van der Waals surface area (Å²) < 4.78 is 1.86. The number of hydrogen-bond acceptors (Lipinski definition) is 2. The van der Waals surface area contributed by atoms with Crippen molar-refractivity contribution < 1.29 is 0 Å². The summed E-state index contributed by atoms with van der Waals surface area (Å²) in [5, 5.41) is 4.19. The summed E-state index contributed by atoms with van der Waals surface area (Å²) in [6, 6.07) is 10.5. The standard InChI is InChI=1S/C13H17N3/c14-9-2-1-4-12-5-7-13(8-6-12)16-11-3-10-15-16/h3,5-8,10-11H,1-2,4,9,14H2. The van der Waals surface area contributed by atoms with Gasteiger partial charge in [0, 0.05) is 12.4 Å². The number of aryl methyl sites for hydroxylation is 1. The van der Waals surface area contributed by atoms with Crippen LogP contribution in [0.4, 0.5) is 0 Å². The van der Waals surface area contributed by atoms with Gasteiger partial charge < -0.3 is 5.73 Å². The van der Waals surface area contributed by atoms with Crippen molar-refractivity contribution in [3.8, 4) is 5.69 Å². The molecule has 1 heterocycles. The van der Waals surface area contributed by atoms with E-state index in [9.17, 15) is 0 Å². The van der Waals surface area contributed by atoms with Gasteiger partial charge in [-0.1, -0.05) is 12.1 Å². The predicted molar refractivity (Wildman–Crippen MR) is 65.6 cm³/mol. The first kappa shape index (κ1) is 10.9. The largest absolute Gasteiger partial charge is 0.330 e. The van der Waals surface area contributed by atoms with Crippen molar-refractivity contribution in [2.45, 2.75) is 19.3 Å².